The first-order valence-corrected chi connectivity index (χ1v) is 9.31. The highest BCUT2D eigenvalue weighted by atomic mass is 32.2. The lowest BCUT2D eigenvalue weighted by molar-refractivity contribution is -0.118. The number of aromatic amines is 1. The smallest absolute Gasteiger partial charge is 0.230 e. The van der Waals surface area contributed by atoms with Crippen LogP contribution in [0, 0.1) is 5.92 Å². The van der Waals surface area contributed by atoms with Crippen LogP contribution in [0.5, 0.6) is 0 Å². The Kier molecular flexibility index (Phi) is 5.56. The van der Waals surface area contributed by atoms with Crippen LogP contribution in [-0.2, 0) is 4.79 Å². The van der Waals surface area contributed by atoms with Gasteiger partial charge in [0.15, 0.2) is 0 Å². The zero-order valence-corrected chi connectivity index (χ0v) is 14.3. The molecule has 5 nitrogen and oxygen atoms in total. The number of aromatic nitrogens is 2. The van der Waals surface area contributed by atoms with Crippen LogP contribution in [0.25, 0.3) is 11.0 Å². The van der Waals surface area contributed by atoms with Crippen LogP contribution in [0.1, 0.15) is 30.8 Å². The molecule has 1 aromatic heterocycles. The number of hydrogen-bond donors (Lipinski definition) is 3. The summed E-state index contributed by atoms with van der Waals surface area (Å²) in [5.74, 6) is 2.09. The van der Waals surface area contributed by atoms with Gasteiger partial charge in [0.25, 0.3) is 0 Å². The quantitative estimate of drug-likeness (QED) is 0.760. The molecule has 3 N–H and O–H groups in total. The number of nitrogens with one attached hydrogen (secondary N) is 3. The second kappa shape index (κ2) is 7.84. The Balaban J connectivity index is 1.44. The van der Waals surface area contributed by atoms with Crippen LogP contribution in [0.2, 0.25) is 0 Å². The first-order valence-electron chi connectivity index (χ1n) is 8.26. The largest absolute Gasteiger partial charge is 0.355 e. The highest BCUT2D eigenvalue weighted by Crippen LogP contribution is 2.27. The van der Waals surface area contributed by atoms with Crippen LogP contribution in [0.4, 0.5) is 0 Å². The molecule has 1 saturated heterocycles. The normalized spacial score (nSPS) is 19.6. The fraction of sp³-hybridized carbons (Fsp3) is 0.529. The van der Waals surface area contributed by atoms with E-state index in [4.69, 9.17) is 0 Å². The number of rotatable bonds is 6. The van der Waals surface area contributed by atoms with Gasteiger partial charge in [-0.05, 0) is 50.9 Å². The zero-order valence-electron chi connectivity index (χ0n) is 13.5. The topological polar surface area (TPSA) is 69.8 Å². The number of thioether (sulfide) groups is 1. The summed E-state index contributed by atoms with van der Waals surface area (Å²) in [6.07, 6.45) is 2.41. The summed E-state index contributed by atoms with van der Waals surface area (Å²) < 4.78 is 0. The molecule has 1 fully saturated rings. The highest BCUT2D eigenvalue weighted by Gasteiger charge is 2.16. The molecule has 0 bridgehead atoms. The fourth-order valence-corrected chi connectivity index (χ4v) is 3.63. The molecule has 1 aromatic carbocycles. The highest BCUT2D eigenvalue weighted by molar-refractivity contribution is 8.00. The van der Waals surface area contributed by atoms with E-state index < -0.39 is 0 Å². The Bertz CT molecular complexity index is 618. The molecule has 2 atom stereocenters. The molecule has 2 unspecified atom stereocenters. The van der Waals surface area contributed by atoms with Crippen molar-refractivity contribution in [2.45, 2.75) is 25.0 Å². The van der Waals surface area contributed by atoms with E-state index in [0.717, 1.165) is 36.5 Å². The summed E-state index contributed by atoms with van der Waals surface area (Å²) in [7, 11) is 0. The maximum Gasteiger partial charge on any atom is 0.230 e. The summed E-state index contributed by atoms with van der Waals surface area (Å²) in [5, 5.41) is 6.60. The number of carbonyl (C=O) groups is 1. The van der Waals surface area contributed by atoms with E-state index in [-0.39, 0.29) is 11.2 Å². The molecular formula is C17H24N4OS. The van der Waals surface area contributed by atoms with Crippen LogP contribution in [-0.4, -0.2) is 41.3 Å². The number of amides is 1. The lowest BCUT2D eigenvalue weighted by Crippen LogP contribution is -2.38. The molecule has 2 heterocycles. The van der Waals surface area contributed by atoms with E-state index in [1.165, 1.54) is 12.8 Å². The first-order chi connectivity index (χ1) is 11.2. The summed E-state index contributed by atoms with van der Waals surface area (Å²) in [6, 6.07) is 8.00. The van der Waals surface area contributed by atoms with E-state index >= 15 is 0 Å². The summed E-state index contributed by atoms with van der Waals surface area (Å²) in [5.41, 5.74) is 2.02. The Morgan fingerprint density at radius 1 is 1.48 bits per heavy atom. The van der Waals surface area contributed by atoms with E-state index in [9.17, 15) is 4.79 Å². The van der Waals surface area contributed by atoms with E-state index in [1.807, 2.05) is 24.3 Å². The minimum absolute atomic E-state index is 0.114. The van der Waals surface area contributed by atoms with Crippen molar-refractivity contribution in [1.82, 2.24) is 20.6 Å². The van der Waals surface area contributed by atoms with Crippen LogP contribution in [0.3, 0.4) is 0 Å². The number of hydrogen-bond acceptors (Lipinski definition) is 4. The third kappa shape index (κ3) is 4.48. The van der Waals surface area contributed by atoms with Crippen molar-refractivity contribution in [2.24, 2.45) is 5.92 Å². The van der Waals surface area contributed by atoms with Gasteiger partial charge in [-0.3, -0.25) is 4.79 Å². The van der Waals surface area contributed by atoms with E-state index in [0.29, 0.717) is 11.7 Å². The van der Waals surface area contributed by atoms with Crippen molar-refractivity contribution in [3.63, 3.8) is 0 Å². The van der Waals surface area contributed by atoms with Gasteiger partial charge in [-0.15, -0.1) is 11.8 Å². The van der Waals surface area contributed by atoms with Crippen molar-refractivity contribution < 1.29 is 4.79 Å². The lowest BCUT2D eigenvalue weighted by Gasteiger charge is -2.22. The Morgan fingerprint density at radius 2 is 2.35 bits per heavy atom. The number of carbonyl (C=O) groups excluding carboxylic acids is 1. The molecule has 3 rings (SSSR count). The van der Waals surface area contributed by atoms with Gasteiger partial charge in [-0.25, -0.2) is 4.98 Å². The Morgan fingerprint density at radius 3 is 3.13 bits per heavy atom. The average Bonchev–Trinajstić information content (AvgIpc) is 3.03. The number of para-hydroxylation sites is 2. The second-order valence-corrected chi connectivity index (χ2v) is 7.44. The van der Waals surface area contributed by atoms with Gasteiger partial charge in [-0.1, -0.05) is 12.1 Å². The van der Waals surface area contributed by atoms with Gasteiger partial charge in [0, 0.05) is 6.54 Å². The Labute approximate surface area is 141 Å². The molecular weight excluding hydrogens is 308 g/mol. The molecule has 0 spiro atoms. The fourth-order valence-electron chi connectivity index (χ4n) is 2.85. The van der Waals surface area contributed by atoms with Crippen LogP contribution < -0.4 is 10.6 Å². The SMILES string of the molecule is CC(SCC(=O)NCC1CCCNC1)c1nc2ccccc2[nH]1. The molecule has 0 aliphatic carbocycles. The number of imidazole rings is 1. The summed E-state index contributed by atoms with van der Waals surface area (Å²) in [4.78, 5) is 19.9. The number of H-pyrrole nitrogens is 1. The third-order valence-electron chi connectivity index (χ3n) is 4.24. The van der Waals surface area contributed by atoms with Gasteiger partial charge in [-0.2, -0.15) is 0 Å². The zero-order chi connectivity index (χ0) is 16.1. The second-order valence-electron chi connectivity index (χ2n) is 6.11. The molecule has 0 radical (unpaired) electrons. The van der Waals surface area contributed by atoms with Gasteiger partial charge < -0.3 is 15.6 Å². The van der Waals surface area contributed by atoms with Crippen LogP contribution >= 0.6 is 11.8 Å². The minimum Gasteiger partial charge on any atom is -0.355 e. The lowest BCUT2D eigenvalue weighted by atomic mass is 10.00. The predicted octanol–water partition coefficient (Wildman–Crippen LogP) is 2.47. The number of nitrogens with zero attached hydrogens (tertiary/aromatic N) is 1. The van der Waals surface area contributed by atoms with E-state index in [2.05, 4.69) is 27.5 Å². The summed E-state index contributed by atoms with van der Waals surface area (Å²) in [6.45, 7) is 4.99. The molecule has 1 aliphatic rings. The molecule has 124 valence electrons. The average molecular weight is 332 g/mol. The molecule has 23 heavy (non-hydrogen) atoms. The summed E-state index contributed by atoms with van der Waals surface area (Å²) >= 11 is 1.62. The first kappa shape index (κ1) is 16.3. The standard InChI is InChI=1S/C17H24N4OS/c1-12(17-20-14-6-2-3-7-15(14)21-17)23-11-16(22)19-10-13-5-4-8-18-9-13/h2-3,6-7,12-13,18H,4-5,8-11H2,1H3,(H,19,22)(H,20,21). The number of fused-ring (bicyclic) bond motifs is 1. The maximum atomic E-state index is 12.0. The van der Waals surface area contributed by atoms with Gasteiger partial charge in [0.2, 0.25) is 5.91 Å². The number of piperidine rings is 1. The van der Waals surface area contributed by atoms with Gasteiger partial charge >= 0.3 is 0 Å². The molecule has 6 heteroatoms. The third-order valence-corrected chi connectivity index (χ3v) is 5.40. The minimum atomic E-state index is 0.114. The Hall–Kier alpha value is -1.53. The molecule has 1 aliphatic heterocycles. The van der Waals surface area contributed by atoms with Crippen LogP contribution in [0.15, 0.2) is 24.3 Å². The molecule has 1 amide bonds. The van der Waals surface area contributed by atoms with Crippen molar-refractivity contribution >= 4 is 28.7 Å². The van der Waals surface area contributed by atoms with Gasteiger partial charge in [0.1, 0.15) is 5.82 Å². The number of benzene rings is 1. The molecule has 0 saturated carbocycles. The van der Waals surface area contributed by atoms with Crippen molar-refractivity contribution in [3.05, 3.63) is 30.1 Å². The molecule has 2 aromatic rings. The predicted molar refractivity (Wildman–Crippen MR) is 95.6 cm³/mol. The monoisotopic (exact) mass is 332 g/mol. The van der Waals surface area contributed by atoms with Crippen molar-refractivity contribution in [3.8, 4) is 0 Å². The van der Waals surface area contributed by atoms with Crippen molar-refractivity contribution in [1.29, 1.82) is 0 Å². The maximum absolute atomic E-state index is 12.0. The van der Waals surface area contributed by atoms with Crippen molar-refractivity contribution in [2.75, 3.05) is 25.4 Å². The van der Waals surface area contributed by atoms with Gasteiger partial charge in [0.05, 0.1) is 22.0 Å². The van der Waals surface area contributed by atoms with E-state index in [1.54, 1.807) is 11.8 Å².